The first kappa shape index (κ1) is 16.1. The molecule has 1 heterocycles. The second kappa shape index (κ2) is 7.70. The summed E-state index contributed by atoms with van der Waals surface area (Å²) in [7, 11) is 0. The zero-order valence-corrected chi connectivity index (χ0v) is 14.8. The molecule has 0 bridgehead atoms. The molecule has 1 N–H and O–H groups in total. The summed E-state index contributed by atoms with van der Waals surface area (Å²) >= 11 is 2.08. The second-order valence-electron chi connectivity index (χ2n) is 7.62. The molecular formula is C18H34N2S. The van der Waals surface area contributed by atoms with Gasteiger partial charge in [0.05, 0.1) is 0 Å². The van der Waals surface area contributed by atoms with Crippen molar-refractivity contribution in [3.05, 3.63) is 0 Å². The molecule has 2 nitrogen and oxygen atoms in total. The lowest BCUT2D eigenvalue weighted by Crippen LogP contribution is -2.51. The topological polar surface area (TPSA) is 15.3 Å². The summed E-state index contributed by atoms with van der Waals surface area (Å²) in [4.78, 5) is 2.82. The van der Waals surface area contributed by atoms with Crippen LogP contribution in [0.3, 0.4) is 0 Å². The number of thioether (sulfide) groups is 1. The smallest absolute Gasteiger partial charge is 0.0198 e. The fourth-order valence-electron chi connectivity index (χ4n) is 4.94. The Morgan fingerprint density at radius 2 is 1.67 bits per heavy atom. The highest BCUT2D eigenvalue weighted by Gasteiger charge is 2.32. The van der Waals surface area contributed by atoms with Crippen molar-refractivity contribution in [2.24, 2.45) is 5.92 Å². The first-order valence-electron chi connectivity index (χ1n) is 9.31. The highest BCUT2D eigenvalue weighted by atomic mass is 32.2. The molecule has 3 heteroatoms. The van der Waals surface area contributed by atoms with Crippen molar-refractivity contribution in [1.29, 1.82) is 0 Å². The van der Waals surface area contributed by atoms with Crippen LogP contribution in [0.15, 0.2) is 0 Å². The SMILES string of the molecule is CS[C@@H]1CCC[C@@H]1NC1CCN([C@H]2CCCC[C@H]2C)CC1. The van der Waals surface area contributed by atoms with Crippen LogP contribution in [0.4, 0.5) is 0 Å². The fraction of sp³-hybridized carbons (Fsp3) is 1.00. The van der Waals surface area contributed by atoms with E-state index in [-0.39, 0.29) is 0 Å². The normalized spacial score (nSPS) is 39.7. The predicted molar refractivity (Wildman–Crippen MR) is 94.1 cm³/mol. The van der Waals surface area contributed by atoms with Gasteiger partial charge in [-0.15, -0.1) is 0 Å². The van der Waals surface area contributed by atoms with Gasteiger partial charge >= 0.3 is 0 Å². The number of hydrogen-bond acceptors (Lipinski definition) is 3. The number of nitrogens with zero attached hydrogens (tertiary/aromatic N) is 1. The van der Waals surface area contributed by atoms with E-state index in [9.17, 15) is 0 Å². The van der Waals surface area contributed by atoms with Gasteiger partial charge in [0, 0.05) is 23.4 Å². The number of nitrogens with one attached hydrogen (secondary N) is 1. The van der Waals surface area contributed by atoms with Crippen molar-refractivity contribution in [2.45, 2.75) is 88.1 Å². The van der Waals surface area contributed by atoms with Crippen molar-refractivity contribution >= 4 is 11.8 Å². The van der Waals surface area contributed by atoms with Crippen molar-refractivity contribution in [3.8, 4) is 0 Å². The van der Waals surface area contributed by atoms with Crippen LogP contribution in [0.1, 0.15) is 64.7 Å². The highest BCUT2D eigenvalue weighted by molar-refractivity contribution is 7.99. The van der Waals surface area contributed by atoms with E-state index in [4.69, 9.17) is 0 Å². The Labute approximate surface area is 135 Å². The molecule has 3 aliphatic rings. The van der Waals surface area contributed by atoms with E-state index in [0.29, 0.717) is 0 Å². The van der Waals surface area contributed by atoms with E-state index in [0.717, 1.165) is 29.3 Å². The second-order valence-corrected chi connectivity index (χ2v) is 8.69. The van der Waals surface area contributed by atoms with Crippen LogP contribution in [0.2, 0.25) is 0 Å². The molecule has 3 rings (SSSR count). The van der Waals surface area contributed by atoms with Gasteiger partial charge in [-0.1, -0.05) is 26.2 Å². The minimum atomic E-state index is 0.790. The van der Waals surface area contributed by atoms with Gasteiger partial charge in [-0.05, 0) is 63.8 Å². The molecule has 4 atom stereocenters. The maximum atomic E-state index is 4.01. The molecule has 0 radical (unpaired) electrons. The van der Waals surface area contributed by atoms with Gasteiger partial charge in [-0.25, -0.2) is 0 Å². The molecule has 0 aromatic carbocycles. The van der Waals surface area contributed by atoms with E-state index in [1.54, 1.807) is 0 Å². The highest BCUT2D eigenvalue weighted by Crippen LogP contribution is 2.32. The largest absolute Gasteiger partial charge is 0.310 e. The molecule has 0 aromatic rings. The molecule has 1 saturated heterocycles. The van der Waals surface area contributed by atoms with E-state index in [1.807, 2.05) is 0 Å². The Morgan fingerprint density at radius 3 is 2.38 bits per heavy atom. The summed E-state index contributed by atoms with van der Waals surface area (Å²) in [5, 5.41) is 4.88. The third kappa shape index (κ3) is 3.97. The Balaban J connectivity index is 1.44. The van der Waals surface area contributed by atoms with E-state index >= 15 is 0 Å². The van der Waals surface area contributed by atoms with Crippen LogP contribution in [-0.2, 0) is 0 Å². The molecule has 3 fully saturated rings. The van der Waals surface area contributed by atoms with Gasteiger partial charge in [0.1, 0.15) is 0 Å². The summed E-state index contributed by atoms with van der Waals surface area (Å²) in [6.45, 7) is 5.16. The average molecular weight is 311 g/mol. The Morgan fingerprint density at radius 1 is 0.905 bits per heavy atom. The number of rotatable bonds is 4. The molecular weight excluding hydrogens is 276 g/mol. The minimum Gasteiger partial charge on any atom is -0.310 e. The fourth-order valence-corrected chi connectivity index (χ4v) is 5.88. The van der Waals surface area contributed by atoms with E-state index in [1.165, 1.54) is 70.9 Å². The van der Waals surface area contributed by atoms with Crippen LogP contribution < -0.4 is 5.32 Å². The first-order valence-corrected chi connectivity index (χ1v) is 10.6. The summed E-state index contributed by atoms with van der Waals surface area (Å²) in [5.74, 6) is 0.930. The predicted octanol–water partition coefficient (Wildman–Crippen LogP) is 3.90. The van der Waals surface area contributed by atoms with Crippen LogP contribution >= 0.6 is 11.8 Å². The third-order valence-electron chi connectivity index (χ3n) is 6.27. The van der Waals surface area contributed by atoms with Gasteiger partial charge in [-0.2, -0.15) is 11.8 Å². The molecule has 2 saturated carbocycles. The molecule has 0 unspecified atom stereocenters. The van der Waals surface area contributed by atoms with Crippen molar-refractivity contribution in [2.75, 3.05) is 19.3 Å². The molecule has 1 aliphatic heterocycles. The molecule has 21 heavy (non-hydrogen) atoms. The molecule has 0 aromatic heterocycles. The summed E-state index contributed by atoms with van der Waals surface area (Å²) in [5.41, 5.74) is 0. The van der Waals surface area contributed by atoms with Crippen LogP contribution in [0.5, 0.6) is 0 Å². The van der Waals surface area contributed by atoms with Crippen LogP contribution in [0, 0.1) is 5.92 Å². The lowest BCUT2D eigenvalue weighted by atomic mass is 9.84. The number of piperidine rings is 1. The van der Waals surface area contributed by atoms with Gasteiger partial charge in [0.15, 0.2) is 0 Å². The lowest BCUT2D eigenvalue weighted by molar-refractivity contribution is 0.0799. The maximum Gasteiger partial charge on any atom is 0.0198 e. The molecule has 0 spiro atoms. The third-order valence-corrected chi connectivity index (χ3v) is 7.44. The summed E-state index contributed by atoms with van der Waals surface area (Å²) in [6, 6.07) is 2.48. The zero-order chi connectivity index (χ0) is 14.7. The Kier molecular flexibility index (Phi) is 5.92. The standard InChI is InChI=1S/C18H34N2S/c1-14-6-3-4-8-17(14)20-12-10-15(11-13-20)19-16-7-5-9-18(16)21-2/h14-19H,3-13H2,1-2H3/t14-,16+,17+,18-/m1/s1. The van der Waals surface area contributed by atoms with E-state index in [2.05, 4.69) is 35.2 Å². The zero-order valence-electron chi connectivity index (χ0n) is 14.0. The first-order chi connectivity index (χ1) is 10.3. The maximum absolute atomic E-state index is 4.01. The van der Waals surface area contributed by atoms with Gasteiger partial charge in [-0.3, -0.25) is 0 Å². The summed E-state index contributed by atoms with van der Waals surface area (Å²) < 4.78 is 0. The minimum absolute atomic E-state index is 0.790. The molecule has 0 amide bonds. The van der Waals surface area contributed by atoms with E-state index < -0.39 is 0 Å². The van der Waals surface area contributed by atoms with Gasteiger partial charge in [0.2, 0.25) is 0 Å². The van der Waals surface area contributed by atoms with Gasteiger partial charge in [0.25, 0.3) is 0 Å². The van der Waals surface area contributed by atoms with Crippen LogP contribution in [-0.4, -0.2) is 47.6 Å². The Bertz CT molecular complexity index is 314. The Hall–Kier alpha value is 0.270. The molecule has 2 aliphatic carbocycles. The monoisotopic (exact) mass is 310 g/mol. The lowest BCUT2D eigenvalue weighted by Gasteiger charge is -2.43. The van der Waals surface area contributed by atoms with Crippen molar-refractivity contribution < 1.29 is 0 Å². The van der Waals surface area contributed by atoms with Crippen molar-refractivity contribution in [1.82, 2.24) is 10.2 Å². The van der Waals surface area contributed by atoms with Crippen LogP contribution in [0.25, 0.3) is 0 Å². The quantitative estimate of drug-likeness (QED) is 0.848. The number of hydrogen-bond donors (Lipinski definition) is 1. The average Bonchev–Trinajstić information content (AvgIpc) is 2.96. The summed E-state index contributed by atoms with van der Waals surface area (Å²) in [6.07, 6.45) is 15.2. The number of likely N-dealkylation sites (tertiary alicyclic amines) is 1. The van der Waals surface area contributed by atoms with Gasteiger partial charge < -0.3 is 10.2 Å². The molecule has 122 valence electrons. The van der Waals surface area contributed by atoms with Crippen molar-refractivity contribution in [3.63, 3.8) is 0 Å².